The monoisotopic (exact) mass is 258 g/mol. The molecule has 3 heteroatoms. The van der Waals surface area contributed by atoms with Crippen LogP contribution in [-0.4, -0.2) is 11.4 Å². The van der Waals surface area contributed by atoms with Gasteiger partial charge in [-0.25, -0.2) is 0 Å². The Hall–Kier alpha value is -1.51. The average Bonchev–Trinajstić information content (AvgIpc) is 2.42. The lowest BCUT2D eigenvalue weighted by molar-refractivity contribution is -0.121. The van der Waals surface area contributed by atoms with Crippen molar-refractivity contribution < 1.29 is 4.79 Å². The summed E-state index contributed by atoms with van der Waals surface area (Å²) in [6.07, 6.45) is 5.43. The Morgan fingerprint density at radius 3 is 2.68 bits per heavy atom. The Balaban J connectivity index is 1.86. The molecule has 0 aromatic heterocycles. The molecule has 1 spiro atoms. The van der Waals surface area contributed by atoms with Crippen molar-refractivity contribution in [3.05, 3.63) is 23.8 Å². The van der Waals surface area contributed by atoms with Crippen molar-refractivity contribution in [2.24, 2.45) is 5.92 Å². The Labute approximate surface area is 114 Å². The molecule has 1 aromatic rings. The van der Waals surface area contributed by atoms with Gasteiger partial charge in [0.05, 0.1) is 11.4 Å². The third-order valence-corrected chi connectivity index (χ3v) is 4.77. The van der Waals surface area contributed by atoms with Crippen LogP contribution in [0, 0.1) is 12.8 Å². The first kappa shape index (κ1) is 12.5. The third-order valence-electron chi connectivity index (χ3n) is 4.77. The van der Waals surface area contributed by atoms with E-state index < -0.39 is 0 Å². The summed E-state index contributed by atoms with van der Waals surface area (Å²) >= 11 is 0. The molecule has 3 rings (SSSR count). The highest BCUT2D eigenvalue weighted by Gasteiger charge is 2.44. The number of amides is 1. The fourth-order valence-corrected chi connectivity index (χ4v) is 3.36. The van der Waals surface area contributed by atoms with Crippen LogP contribution in [0.25, 0.3) is 0 Å². The second-order valence-electron chi connectivity index (χ2n) is 6.06. The average molecular weight is 258 g/mol. The summed E-state index contributed by atoms with van der Waals surface area (Å²) in [5.74, 6) is 0.944. The quantitative estimate of drug-likeness (QED) is 0.806. The maximum atomic E-state index is 12.5. The molecule has 1 heterocycles. The van der Waals surface area contributed by atoms with Crippen LogP contribution in [0.15, 0.2) is 18.2 Å². The summed E-state index contributed by atoms with van der Waals surface area (Å²) in [5, 5.41) is 6.61. The summed E-state index contributed by atoms with van der Waals surface area (Å²) in [6, 6.07) is 6.21. The van der Waals surface area contributed by atoms with Crippen LogP contribution in [0.3, 0.4) is 0 Å². The van der Waals surface area contributed by atoms with E-state index >= 15 is 0 Å². The molecule has 1 aromatic carbocycles. The number of hydrogen-bond acceptors (Lipinski definition) is 2. The number of carbonyl (C=O) groups excluding carboxylic acids is 1. The van der Waals surface area contributed by atoms with Crippen molar-refractivity contribution in [2.45, 2.75) is 51.5 Å². The molecule has 0 unspecified atom stereocenters. The summed E-state index contributed by atoms with van der Waals surface area (Å²) in [4.78, 5) is 12.5. The van der Waals surface area contributed by atoms with Crippen LogP contribution in [0.5, 0.6) is 0 Å². The van der Waals surface area contributed by atoms with Gasteiger partial charge in [0.1, 0.15) is 5.54 Å². The Kier molecular flexibility index (Phi) is 3.00. The summed E-state index contributed by atoms with van der Waals surface area (Å²) in [6.45, 7) is 4.29. The summed E-state index contributed by atoms with van der Waals surface area (Å²) < 4.78 is 0. The fourth-order valence-electron chi connectivity index (χ4n) is 3.36. The van der Waals surface area contributed by atoms with Gasteiger partial charge in [0, 0.05) is 0 Å². The van der Waals surface area contributed by atoms with Gasteiger partial charge < -0.3 is 10.6 Å². The number of benzene rings is 1. The minimum absolute atomic E-state index is 0.153. The molecule has 102 valence electrons. The highest BCUT2D eigenvalue weighted by Crippen LogP contribution is 2.41. The smallest absolute Gasteiger partial charge is 0.250 e. The number of anilines is 2. The largest absolute Gasteiger partial charge is 0.370 e. The molecule has 1 amide bonds. The first-order valence-corrected chi connectivity index (χ1v) is 7.33. The zero-order valence-electron chi connectivity index (χ0n) is 11.8. The van der Waals surface area contributed by atoms with Gasteiger partial charge in [0.2, 0.25) is 5.91 Å². The molecule has 2 N–H and O–H groups in total. The summed E-state index contributed by atoms with van der Waals surface area (Å²) in [5.41, 5.74) is 2.80. The second-order valence-corrected chi connectivity index (χ2v) is 6.06. The first-order valence-electron chi connectivity index (χ1n) is 7.33. The van der Waals surface area contributed by atoms with Gasteiger partial charge in [-0.15, -0.1) is 0 Å². The molecule has 1 fully saturated rings. The van der Waals surface area contributed by atoms with Crippen molar-refractivity contribution in [2.75, 3.05) is 10.6 Å². The number of rotatable bonds is 1. The molecular weight excluding hydrogens is 236 g/mol. The van der Waals surface area contributed by atoms with Crippen molar-refractivity contribution in [3.8, 4) is 0 Å². The predicted octanol–water partition coefficient (Wildman–Crippen LogP) is 3.70. The van der Waals surface area contributed by atoms with Crippen LogP contribution in [0.2, 0.25) is 0 Å². The van der Waals surface area contributed by atoms with Gasteiger partial charge in [-0.3, -0.25) is 4.79 Å². The molecule has 19 heavy (non-hydrogen) atoms. The maximum Gasteiger partial charge on any atom is 0.250 e. The van der Waals surface area contributed by atoms with Crippen molar-refractivity contribution >= 4 is 17.3 Å². The lowest BCUT2D eigenvalue weighted by Gasteiger charge is -2.43. The minimum Gasteiger partial charge on any atom is -0.370 e. The molecular formula is C16H22N2O. The Bertz CT molecular complexity index is 501. The van der Waals surface area contributed by atoms with Gasteiger partial charge in [-0.1, -0.05) is 19.4 Å². The summed E-state index contributed by atoms with van der Waals surface area (Å²) in [7, 11) is 0. The van der Waals surface area contributed by atoms with E-state index in [1.807, 2.05) is 13.0 Å². The number of carbonyl (C=O) groups is 1. The molecule has 1 aliphatic heterocycles. The van der Waals surface area contributed by atoms with Crippen LogP contribution < -0.4 is 10.6 Å². The van der Waals surface area contributed by atoms with Crippen molar-refractivity contribution in [1.29, 1.82) is 0 Å². The highest BCUT2D eigenvalue weighted by molar-refractivity contribution is 6.06. The van der Waals surface area contributed by atoms with E-state index in [0.29, 0.717) is 0 Å². The maximum absolute atomic E-state index is 12.5. The number of fused-ring (bicyclic) bond motifs is 1. The third kappa shape index (κ3) is 2.11. The lowest BCUT2D eigenvalue weighted by Crippen LogP contribution is -2.54. The zero-order chi connectivity index (χ0) is 13.5. The Morgan fingerprint density at radius 2 is 2.00 bits per heavy atom. The Morgan fingerprint density at radius 1 is 1.26 bits per heavy atom. The molecule has 0 saturated heterocycles. The minimum atomic E-state index is -0.367. The molecule has 2 aliphatic rings. The van der Waals surface area contributed by atoms with E-state index in [1.165, 1.54) is 12.0 Å². The molecule has 1 aliphatic carbocycles. The molecule has 3 nitrogen and oxygen atoms in total. The lowest BCUT2D eigenvalue weighted by atomic mass is 9.74. The molecule has 0 bridgehead atoms. The standard InChI is InChI=1S/C16H22N2O/c1-3-12-6-8-16(9-7-12)15(19)17-14-10-11(2)4-5-13(14)18-16/h4-5,10,12,18H,3,6-9H2,1-2H3,(H,17,19). The van der Waals surface area contributed by atoms with Crippen LogP contribution in [0.1, 0.15) is 44.6 Å². The molecule has 1 saturated carbocycles. The normalized spacial score (nSPS) is 29.6. The molecule has 0 atom stereocenters. The van der Waals surface area contributed by atoms with E-state index in [2.05, 4.69) is 29.7 Å². The van der Waals surface area contributed by atoms with E-state index in [1.54, 1.807) is 0 Å². The van der Waals surface area contributed by atoms with E-state index in [0.717, 1.165) is 43.0 Å². The van der Waals surface area contributed by atoms with Crippen molar-refractivity contribution in [1.82, 2.24) is 0 Å². The van der Waals surface area contributed by atoms with Gasteiger partial charge in [-0.05, 0) is 56.2 Å². The van der Waals surface area contributed by atoms with E-state index in [-0.39, 0.29) is 11.4 Å². The SMILES string of the molecule is CCC1CCC2(CC1)Nc1ccc(C)cc1NC2=O. The van der Waals surface area contributed by atoms with Gasteiger partial charge in [0.15, 0.2) is 0 Å². The number of aryl methyl sites for hydroxylation is 1. The second kappa shape index (κ2) is 4.55. The van der Waals surface area contributed by atoms with E-state index in [4.69, 9.17) is 0 Å². The molecule has 0 radical (unpaired) electrons. The highest BCUT2D eigenvalue weighted by atomic mass is 16.2. The predicted molar refractivity (Wildman–Crippen MR) is 78.4 cm³/mol. The van der Waals surface area contributed by atoms with Gasteiger partial charge >= 0.3 is 0 Å². The topological polar surface area (TPSA) is 41.1 Å². The fraction of sp³-hybridized carbons (Fsp3) is 0.562. The van der Waals surface area contributed by atoms with Gasteiger partial charge in [0.25, 0.3) is 0 Å². The van der Waals surface area contributed by atoms with Crippen LogP contribution in [-0.2, 0) is 4.79 Å². The van der Waals surface area contributed by atoms with Gasteiger partial charge in [-0.2, -0.15) is 0 Å². The zero-order valence-corrected chi connectivity index (χ0v) is 11.8. The van der Waals surface area contributed by atoms with Crippen LogP contribution in [0.4, 0.5) is 11.4 Å². The van der Waals surface area contributed by atoms with Crippen molar-refractivity contribution in [3.63, 3.8) is 0 Å². The first-order chi connectivity index (χ1) is 9.13. The van der Waals surface area contributed by atoms with E-state index in [9.17, 15) is 4.79 Å². The van der Waals surface area contributed by atoms with Crippen LogP contribution >= 0.6 is 0 Å². The number of nitrogens with one attached hydrogen (secondary N) is 2. The number of hydrogen-bond donors (Lipinski definition) is 2.